The fourth-order valence-corrected chi connectivity index (χ4v) is 2.75. The van der Waals surface area contributed by atoms with Gasteiger partial charge in [0.15, 0.2) is 0 Å². The first-order chi connectivity index (χ1) is 9.93. The molecular formula is C20H27N. The van der Waals surface area contributed by atoms with Gasteiger partial charge in [0.1, 0.15) is 0 Å². The van der Waals surface area contributed by atoms with Crippen LogP contribution in [-0.4, -0.2) is 0 Å². The quantitative estimate of drug-likeness (QED) is 0.801. The molecule has 0 amide bonds. The number of aryl methyl sites for hydroxylation is 1. The van der Waals surface area contributed by atoms with Gasteiger partial charge in [0, 0.05) is 6.54 Å². The van der Waals surface area contributed by atoms with Gasteiger partial charge >= 0.3 is 0 Å². The molecule has 2 aromatic rings. The zero-order valence-electron chi connectivity index (χ0n) is 13.9. The van der Waals surface area contributed by atoms with Crippen molar-refractivity contribution in [3.8, 4) is 11.1 Å². The summed E-state index contributed by atoms with van der Waals surface area (Å²) in [6.45, 7) is 11.8. The van der Waals surface area contributed by atoms with Crippen molar-refractivity contribution in [1.82, 2.24) is 0 Å². The second-order valence-electron chi connectivity index (χ2n) is 6.51. The van der Waals surface area contributed by atoms with E-state index in [-0.39, 0.29) is 0 Å². The number of hydrogen-bond donors (Lipinski definition) is 1. The van der Waals surface area contributed by atoms with Crippen LogP contribution in [0, 0.1) is 6.92 Å². The Bertz CT molecular complexity index is 624. The summed E-state index contributed by atoms with van der Waals surface area (Å²) in [6.07, 6.45) is 0. The van der Waals surface area contributed by atoms with E-state index in [2.05, 4.69) is 71.0 Å². The Morgan fingerprint density at radius 2 is 1.57 bits per heavy atom. The van der Waals surface area contributed by atoms with Crippen molar-refractivity contribution in [1.29, 1.82) is 0 Å². The third-order valence-corrected chi connectivity index (χ3v) is 4.19. The molecule has 21 heavy (non-hydrogen) atoms. The summed E-state index contributed by atoms with van der Waals surface area (Å²) >= 11 is 0. The van der Waals surface area contributed by atoms with E-state index in [0.717, 1.165) is 0 Å². The molecule has 112 valence electrons. The monoisotopic (exact) mass is 281 g/mol. The van der Waals surface area contributed by atoms with Crippen molar-refractivity contribution in [2.75, 3.05) is 0 Å². The summed E-state index contributed by atoms with van der Waals surface area (Å²) in [7, 11) is 0. The molecule has 0 spiro atoms. The molecule has 0 aliphatic heterocycles. The molecule has 0 aromatic heterocycles. The van der Waals surface area contributed by atoms with Gasteiger partial charge in [-0.1, -0.05) is 58.0 Å². The first-order valence-electron chi connectivity index (χ1n) is 7.87. The van der Waals surface area contributed by atoms with Crippen molar-refractivity contribution in [2.24, 2.45) is 5.73 Å². The maximum atomic E-state index is 5.81. The lowest BCUT2D eigenvalue weighted by Gasteiger charge is -2.18. The maximum Gasteiger partial charge on any atom is 0.0178 e. The Labute approximate surface area is 129 Å². The van der Waals surface area contributed by atoms with E-state index in [9.17, 15) is 0 Å². The molecule has 2 N–H and O–H groups in total. The van der Waals surface area contributed by atoms with E-state index in [1.54, 1.807) is 0 Å². The molecule has 2 aromatic carbocycles. The van der Waals surface area contributed by atoms with Crippen LogP contribution >= 0.6 is 0 Å². The van der Waals surface area contributed by atoms with Crippen LogP contribution in [0.1, 0.15) is 61.8 Å². The summed E-state index contributed by atoms with van der Waals surface area (Å²) in [5, 5.41) is 0. The highest BCUT2D eigenvalue weighted by Crippen LogP contribution is 2.34. The standard InChI is InChI=1S/C20H27N/c1-13(2)17-8-9-18(19(11-17)14(3)4)20-10-16(12-21)7-6-15(20)5/h6-11,13-14H,12,21H2,1-5H3. The molecule has 1 nitrogen and oxygen atoms in total. The van der Waals surface area contributed by atoms with Gasteiger partial charge in [-0.15, -0.1) is 0 Å². The van der Waals surface area contributed by atoms with Crippen molar-refractivity contribution in [3.63, 3.8) is 0 Å². The SMILES string of the molecule is Cc1ccc(CN)cc1-c1ccc(C(C)C)cc1C(C)C. The van der Waals surface area contributed by atoms with Gasteiger partial charge in [-0.2, -0.15) is 0 Å². The largest absolute Gasteiger partial charge is 0.326 e. The molecule has 0 saturated carbocycles. The zero-order chi connectivity index (χ0) is 15.6. The summed E-state index contributed by atoms with van der Waals surface area (Å²) in [5.41, 5.74) is 13.8. The van der Waals surface area contributed by atoms with Gasteiger partial charge in [-0.3, -0.25) is 0 Å². The lowest BCUT2D eigenvalue weighted by molar-refractivity contribution is 0.835. The van der Waals surface area contributed by atoms with Gasteiger partial charge < -0.3 is 5.73 Å². The number of nitrogens with two attached hydrogens (primary N) is 1. The van der Waals surface area contributed by atoms with Crippen LogP contribution in [0.3, 0.4) is 0 Å². The van der Waals surface area contributed by atoms with Gasteiger partial charge in [-0.05, 0) is 58.2 Å². The fraction of sp³-hybridized carbons (Fsp3) is 0.400. The van der Waals surface area contributed by atoms with E-state index >= 15 is 0 Å². The van der Waals surface area contributed by atoms with Crippen LogP contribution < -0.4 is 5.73 Å². The van der Waals surface area contributed by atoms with Gasteiger partial charge in [0.05, 0.1) is 0 Å². The first-order valence-corrected chi connectivity index (χ1v) is 7.87. The van der Waals surface area contributed by atoms with E-state index in [4.69, 9.17) is 5.73 Å². The lowest BCUT2D eigenvalue weighted by atomic mass is 9.86. The second kappa shape index (κ2) is 6.44. The number of rotatable bonds is 4. The minimum absolute atomic E-state index is 0.514. The Morgan fingerprint density at radius 1 is 0.857 bits per heavy atom. The van der Waals surface area contributed by atoms with Crippen molar-refractivity contribution in [3.05, 3.63) is 58.7 Å². The normalized spacial score (nSPS) is 11.4. The van der Waals surface area contributed by atoms with Crippen molar-refractivity contribution >= 4 is 0 Å². The molecule has 0 unspecified atom stereocenters. The molecular weight excluding hydrogens is 254 g/mol. The third-order valence-electron chi connectivity index (χ3n) is 4.19. The molecule has 0 heterocycles. The average Bonchev–Trinajstić information content (AvgIpc) is 2.47. The maximum absolute atomic E-state index is 5.81. The van der Waals surface area contributed by atoms with E-state index < -0.39 is 0 Å². The van der Waals surface area contributed by atoms with Crippen LogP contribution in [0.15, 0.2) is 36.4 Å². The summed E-state index contributed by atoms with van der Waals surface area (Å²) in [6, 6.07) is 13.5. The average molecular weight is 281 g/mol. The predicted molar refractivity (Wildman–Crippen MR) is 92.7 cm³/mol. The topological polar surface area (TPSA) is 26.0 Å². The molecule has 0 aliphatic rings. The summed E-state index contributed by atoms with van der Waals surface area (Å²) in [5.74, 6) is 1.08. The third kappa shape index (κ3) is 3.36. The highest BCUT2D eigenvalue weighted by Gasteiger charge is 2.13. The molecule has 0 atom stereocenters. The Hall–Kier alpha value is -1.60. The predicted octanol–water partition coefficient (Wildman–Crippen LogP) is 5.37. The van der Waals surface area contributed by atoms with Crippen LogP contribution in [-0.2, 0) is 6.54 Å². The summed E-state index contributed by atoms with van der Waals surface area (Å²) < 4.78 is 0. The molecule has 0 fully saturated rings. The second-order valence-corrected chi connectivity index (χ2v) is 6.51. The molecule has 0 bridgehead atoms. The first kappa shape index (κ1) is 15.8. The lowest BCUT2D eigenvalue weighted by Crippen LogP contribution is -2.00. The fourth-order valence-electron chi connectivity index (χ4n) is 2.75. The number of hydrogen-bond acceptors (Lipinski definition) is 1. The van der Waals surface area contributed by atoms with Crippen LogP contribution in [0.4, 0.5) is 0 Å². The molecule has 0 saturated heterocycles. The highest BCUT2D eigenvalue weighted by molar-refractivity contribution is 5.72. The van der Waals surface area contributed by atoms with Crippen LogP contribution in [0.5, 0.6) is 0 Å². The molecule has 1 heteroatoms. The zero-order valence-corrected chi connectivity index (χ0v) is 13.9. The van der Waals surface area contributed by atoms with Gasteiger partial charge in [-0.25, -0.2) is 0 Å². The van der Waals surface area contributed by atoms with Crippen molar-refractivity contribution < 1.29 is 0 Å². The molecule has 2 rings (SSSR count). The van der Waals surface area contributed by atoms with Crippen molar-refractivity contribution in [2.45, 2.75) is 53.0 Å². The minimum Gasteiger partial charge on any atom is -0.326 e. The Balaban J connectivity index is 2.63. The smallest absolute Gasteiger partial charge is 0.0178 e. The highest BCUT2D eigenvalue weighted by atomic mass is 14.5. The van der Waals surface area contributed by atoms with Crippen LogP contribution in [0.2, 0.25) is 0 Å². The van der Waals surface area contributed by atoms with E-state index in [1.807, 2.05) is 0 Å². The summed E-state index contributed by atoms with van der Waals surface area (Å²) in [4.78, 5) is 0. The number of benzene rings is 2. The molecule has 0 radical (unpaired) electrons. The van der Waals surface area contributed by atoms with Gasteiger partial charge in [0.25, 0.3) is 0 Å². The molecule has 0 aliphatic carbocycles. The van der Waals surface area contributed by atoms with Gasteiger partial charge in [0.2, 0.25) is 0 Å². The minimum atomic E-state index is 0.514. The van der Waals surface area contributed by atoms with Crippen LogP contribution in [0.25, 0.3) is 11.1 Å². The van der Waals surface area contributed by atoms with E-state index in [0.29, 0.717) is 18.4 Å². The Morgan fingerprint density at radius 3 is 2.14 bits per heavy atom. The van der Waals surface area contributed by atoms with E-state index in [1.165, 1.54) is 33.4 Å². The Kier molecular flexibility index (Phi) is 4.84.